The summed E-state index contributed by atoms with van der Waals surface area (Å²) in [5.74, 6) is -1.50. The molecule has 34 heavy (non-hydrogen) atoms. The van der Waals surface area contributed by atoms with Crippen molar-refractivity contribution >= 4 is 23.9 Å². The van der Waals surface area contributed by atoms with Gasteiger partial charge in [0.25, 0.3) is 0 Å². The first kappa shape index (κ1) is 28.9. The van der Waals surface area contributed by atoms with Crippen LogP contribution in [0, 0.1) is 19.8 Å². The molecule has 1 aromatic carbocycles. The van der Waals surface area contributed by atoms with Crippen molar-refractivity contribution in [3.05, 3.63) is 34.9 Å². The normalized spacial score (nSPS) is 13.0. The molecule has 0 radical (unpaired) electrons. The van der Waals surface area contributed by atoms with Crippen molar-refractivity contribution in [1.29, 1.82) is 0 Å². The SMILES string of the molecule is COC(=O)CNC(=O)C(c1cccc(C)c1C)N(C)C(=O)C(CC(C)C)NC(=O)OC(C)(C)C. The number of hydrogen-bond acceptors (Lipinski definition) is 6. The van der Waals surface area contributed by atoms with E-state index in [-0.39, 0.29) is 12.5 Å². The number of rotatable bonds is 9. The predicted molar refractivity (Wildman–Crippen MR) is 129 cm³/mol. The van der Waals surface area contributed by atoms with E-state index in [9.17, 15) is 19.2 Å². The molecular formula is C25H39N3O6. The minimum atomic E-state index is -1.02. The van der Waals surface area contributed by atoms with Crippen LogP contribution in [-0.2, 0) is 23.9 Å². The van der Waals surface area contributed by atoms with Crippen LogP contribution in [0.4, 0.5) is 4.79 Å². The van der Waals surface area contributed by atoms with Gasteiger partial charge in [0.2, 0.25) is 11.8 Å². The molecular weight excluding hydrogens is 438 g/mol. The van der Waals surface area contributed by atoms with Gasteiger partial charge in [0, 0.05) is 7.05 Å². The number of nitrogens with zero attached hydrogens (tertiary/aromatic N) is 1. The molecule has 1 rings (SSSR count). The van der Waals surface area contributed by atoms with Crippen LogP contribution < -0.4 is 10.6 Å². The average Bonchev–Trinajstić information content (AvgIpc) is 2.72. The molecule has 0 fully saturated rings. The summed E-state index contributed by atoms with van der Waals surface area (Å²) < 4.78 is 9.94. The Bertz CT molecular complexity index is 891. The highest BCUT2D eigenvalue weighted by Crippen LogP contribution is 2.26. The fraction of sp³-hybridized carbons (Fsp3) is 0.600. The molecule has 9 heteroatoms. The number of aryl methyl sites for hydroxylation is 1. The number of likely N-dealkylation sites (N-methyl/N-ethyl adjacent to an activating group) is 1. The Labute approximate surface area is 202 Å². The Hall–Kier alpha value is -3.10. The largest absolute Gasteiger partial charge is 0.468 e. The summed E-state index contributed by atoms with van der Waals surface area (Å²) in [4.78, 5) is 52.1. The van der Waals surface area contributed by atoms with E-state index in [1.807, 2.05) is 33.8 Å². The first-order chi connectivity index (χ1) is 15.7. The van der Waals surface area contributed by atoms with Crippen molar-refractivity contribution in [1.82, 2.24) is 15.5 Å². The van der Waals surface area contributed by atoms with E-state index in [1.165, 1.54) is 19.1 Å². The molecule has 2 unspecified atom stereocenters. The standard InChI is InChI=1S/C25H39N3O6/c1-15(2)13-19(27-24(32)34-25(5,6)7)23(31)28(8)21(22(30)26-14-20(29)33-9)18-12-10-11-16(3)17(18)4/h10-12,15,19,21H,13-14H2,1-9H3,(H,26,30)(H,27,32). The highest BCUT2D eigenvalue weighted by Gasteiger charge is 2.35. The third-order valence-electron chi connectivity index (χ3n) is 5.26. The van der Waals surface area contributed by atoms with Crippen LogP contribution >= 0.6 is 0 Å². The number of carbonyl (C=O) groups excluding carboxylic acids is 4. The third kappa shape index (κ3) is 8.68. The zero-order chi connectivity index (χ0) is 26.2. The van der Waals surface area contributed by atoms with Gasteiger partial charge in [-0.05, 0) is 63.6 Å². The molecule has 0 heterocycles. The number of methoxy groups -OCH3 is 1. The summed E-state index contributed by atoms with van der Waals surface area (Å²) in [5.41, 5.74) is 1.70. The van der Waals surface area contributed by atoms with Gasteiger partial charge in [-0.2, -0.15) is 0 Å². The van der Waals surface area contributed by atoms with Crippen molar-refractivity contribution in [3.63, 3.8) is 0 Å². The van der Waals surface area contributed by atoms with Gasteiger partial charge >= 0.3 is 12.1 Å². The third-order valence-corrected chi connectivity index (χ3v) is 5.26. The lowest BCUT2D eigenvalue weighted by atomic mass is 9.94. The molecule has 2 N–H and O–H groups in total. The fourth-order valence-electron chi connectivity index (χ4n) is 3.44. The first-order valence-electron chi connectivity index (χ1n) is 11.3. The summed E-state index contributed by atoms with van der Waals surface area (Å²) in [5, 5.41) is 5.20. The fourth-order valence-corrected chi connectivity index (χ4v) is 3.44. The monoisotopic (exact) mass is 477 g/mol. The summed E-state index contributed by atoms with van der Waals surface area (Å²) >= 11 is 0. The van der Waals surface area contributed by atoms with E-state index in [0.29, 0.717) is 12.0 Å². The molecule has 0 aliphatic heterocycles. The van der Waals surface area contributed by atoms with Gasteiger partial charge in [0.05, 0.1) is 7.11 Å². The number of benzene rings is 1. The molecule has 2 atom stereocenters. The van der Waals surface area contributed by atoms with Crippen LogP contribution in [0.2, 0.25) is 0 Å². The lowest BCUT2D eigenvalue weighted by Gasteiger charge is -2.33. The van der Waals surface area contributed by atoms with Gasteiger partial charge in [-0.1, -0.05) is 32.0 Å². The summed E-state index contributed by atoms with van der Waals surface area (Å²) in [6, 6.07) is 3.57. The minimum Gasteiger partial charge on any atom is -0.468 e. The molecule has 0 aliphatic carbocycles. The molecule has 1 aromatic rings. The number of alkyl carbamates (subject to hydrolysis) is 1. The lowest BCUT2D eigenvalue weighted by Crippen LogP contribution is -2.52. The second-order valence-corrected chi connectivity index (χ2v) is 9.76. The van der Waals surface area contributed by atoms with Crippen LogP contribution in [0.1, 0.15) is 63.8 Å². The molecule has 3 amide bonds. The zero-order valence-corrected chi connectivity index (χ0v) is 21.8. The van der Waals surface area contributed by atoms with Crippen molar-refractivity contribution in [3.8, 4) is 0 Å². The summed E-state index contributed by atoms with van der Waals surface area (Å²) in [6.07, 6.45) is -0.357. The Morgan fingerprint density at radius 1 is 1.09 bits per heavy atom. The number of ether oxygens (including phenoxy) is 2. The molecule has 0 saturated heterocycles. The highest BCUT2D eigenvalue weighted by molar-refractivity contribution is 5.93. The van der Waals surface area contributed by atoms with E-state index in [4.69, 9.17) is 4.74 Å². The predicted octanol–water partition coefficient (Wildman–Crippen LogP) is 3.03. The number of amides is 3. The minimum absolute atomic E-state index is 0.0876. The molecule has 190 valence electrons. The zero-order valence-electron chi connectivity index (χ0n) is 21.8. The van der Waals surface area contributed by atoms with Gasteiger partial charge in [0.1, 0.15) is 24.2 Å². The van der Waals surface area contributed by atoms with Crippen molar-refractivity contribution < 1.29 is 28.7 Å². The van der Waals surface area contributed by atoms with Crippen molar-refractivity contribution in [2.75, 3.05) is 20.7 Å². The van der Waals surface area contributed by atoms with Gasteiger partial charge in [-0.3, -0.25) is 14.4 Å². The van der Waals surface area contributed by atoms with Crippen LogP contribution in [0.5, 0.6) is 0 Å². The quantitative estimate of drug-likeness (QED) is 0.529. The van der Waals surface area contributed by atoms with Crippen molar-refractivity contribution in [2.45, 2.75) is 72.6 Å². The highest BCUT2D eigenvalue weighted by atomic mass is 16.6. The maximum absolute atomic E-state index is 13.6. The Morgan fingerprint density at radius 2 is 1.71 bits per heavy atom. The lowest BCUT2D eigenvalue weighted by molar-refractivity contribution is -0.144. The van der Waals surface area contributed by atoms with Gasteiger partial charge in [-0.15, -0.1) is 0 Å². The number of esters is 1. The topological polar surface area (TPSA) is 114 Å². The van der Waals surface area contributed by atoms with Crippen LogP contribution in [-0.4, -0.2) is 61.1 Å². The molecule has 0 saturated carbocycles. The summed E-state index contributed by atoms with van der Waals surface area (Å²) in [6.45, 7) is 12.5. The van der Waals surface area contributed by atoms with E-state index in [0.717, 1.165) is 11.1 Å². The van der Waals surface area contributed by atoms with E-state index in [1.54, 1.807) is 32.9 Å². The maximum atomic E-state index is 13.6. The smallest absolute Gasteiger partial charge is 0.408 e. The Morgan fingerprint density at radius 3 is 2.24 bits per heavy atom. The second-order valence-electron chi connectivity index (χ2n) is 9.76. The van der Waals surface area contributed by atoms with Crippen LogP contribution in [0.25, 0.3) is 0 Å². The molecule has 9 nitrogen and oxygen atoms in total. The average molecular weight is 478 g/mol. The van der Waals surface area contributed by atoms with Crippen LogP contribution in [0.15, 0.2) is 18.2 Å². The van der Waals surface area contributed by atoms with E-state index in [2.05, 4.69) is 15.4 Å². The van der Waals surface area contributed by atoms with Gasteiger partial charge in [0.15, 0.2) is 0 Å². The Kier molecular flexibility index (Phi) is 10.5. The first-order valence-corrected chi connectivity index (χ1v) is 11.3. The Balaban J connectivity index is 3.32. The van der Waals surface area contributed by atoms with Crippen molar-refractivity contribution in [2.24, 2.45) is 5.92 Å². The number of nitrogens with one attached hydrogen (secondary N) is 2. The van der Waals surface area contributed by atoms with Gasteiger partial charge in [-0.25, -0.2) is 4.79 Å². The number of hydrogen-bond donors (Lipinski definition) is 2. The number of carbonyl (C=O) groups is 4. The maximum Gasteiger partial charge on any atom is 0.408 e. The van der Waals surface area contributed by atoms with Gasteiger partial charge < -0.3 is 25.0 Å². The second kappa shape index (κ2) is 12.4. The van der Waals surface area contributed by atoms with Crippen LogP contribution in [0.3, 0.4) is 0 Å². The summed E-state index contributed by atoms with van der Waals surface area (Å²) in [7, 11) is 2.74. The molecule has 0 aromatic heterocycles. The van der Waals surface area contributed by atoms with E-state index < -0.39 is 41.6 Å². The molecule has 0 bridgehead atoms. The molecule has 0 aliphatic rings. The van der Waals surface area contributed by atoms with E-state index >= 15 is 0 Å². The molecule has 0 spiro atoms.